The minimum absolute atomic E-state index is 1.13. The molecule has 8 aromatic carbocycles. The largest absolute Gasteiger partial charge is 0.310 e. The van der Waals surface area contributed by atoms with Gasteiger partial charge in [0.15, 0.2) is 0 Å². The minimum atomic E-state index is 1.13. The van der Waals surface area contributed by atoms with E-state index in [1.165, 1.54) is 63.6 Å². The summed E-state index contributed by atoms with van der Waals surface area (Å²) < 4.78 is 2.68. The van der Waals surface area contributed by atoms with Crippen molar-refractivity contribution in [3.8, 4) is 11.1 Å². The van der Waals surface area contributed by atoms with Crippen LogP contribution in [0.5, 0.6) is 0 Å². The summed E-state index contributed by atoms with van der Waals surface area (Å²) in [7, 11) is 0. The monoisotopic (exact) mass is 577 g/mol. The van der Waals surface area contributed by atoms with Crippen LogP contribution in [0.1, 0.15) is 0 Å². The first-order chi connectivity index (χ1) is 21.8. The third-order valence-corrected chi connectivity index (χ3v) is 10.0. The number of benzene rings is 8. The summed E-state index contributed by atoms with van der Waals surface area (Å²) in [4.78, 5) is 2.36. The summed E-state index contributed by atoms with van der Waals surface area (Å²) in [5, 5.41) is 10.3. The molecule has 1 heterocycles. The van der Waals surface area contributed by atoms with Crippen LogP contribution in [0.2, 0.25) is 0 Å². The fourth-order valence-corrected chi connectivity index (χ4v) is 7.99. The van der Waals surface area contributed by atoms with Gasteiger partial charge in [0.05, 0.1) is 0 Å². The maximum absolute atomic E-state index is 2.36. The molecule has 0 radical (unpaired) electrons. The quantitative estimate of drug-likeness (QED) is 0.188. The van der Waals surface area contributed by atoms with E-state index >= 15 is 0 Å². The standard InChI is InChI=1S/C42H27NS/c1-2-10-32(11-3-1)43(34-25-26-36-31(27-34)20-19-30-18-17-28-9-4-5-12-35(28)41(30)36)33-23-21-29(22-24-33)37-14-8-15-39-38-13-6-7-16-40(38)44-42(37)39/h1-27H. The van der Waals surface area contributed by atoms with Gasteiger partial charge in [-0.1, -0.05) is 121 Å². The van der Waals surface area contributed by atoms with E-state index in [1.807, 2.05) is 11.3 Å². The first kappa shape index (κ1) is 25.1. The maximum atomic E-state index is 2.36. The molecule has 1 nitrogen and oxygen atoms in total. The van der Waals surface area contributed by atoms with Gasteiger partial charge >= 0.3 is 0 Å². The van der Waals surface area contributed by atoms with Gasteiger partial charge in [-0.2, -0.15) is 0 Å². The highest BCUT2D eigenvalue weighted by Crippen LogP contribution is 2.42. The predicted molar refractivity (Wildman–Crippen MR) is 192 cm³/mol. The Kier molecular flexibility index (Phi) is 5.75. The highest BCUT2D eigenvalue weighted by molar-refractivity contribution is 7.26. The van der Waals surface area contributed by atoms with Gasteiger partial charge in [-0.05, 0) is 85.9 Å². The van der Waals surface area contributed by atoms with Crippen molar-refractivity contribution in [1.29, 1.82) is 0 Å². The summed E-state index contributed by atoms with van der Waals surface area (Å²) in [6, 6.07) is 59.7. The van der Waals surface area contributed by atoms with Gasteiger partial charge in [-0.15, -0.1) is 11.3 Å². The Morgan fingerprint density at radius 2 is 1.02 bits per heavy atom. The van der Waals surface area contributed by atoms with Crippen LogP contribution in [0.4, 0.5) is 17.1 Å². The zero-order valence-corrected chi connectivity index (χ0v) is 24.8. The lowest BCUT2D eigenvalue weighted by Crippen LogP contribution is -2.09. The Labute approximate surface area is 259 Å². The average Bonchev–Trinajstić information content (AvgIpc) is 3.48. The second-order valence-corrected chi connectivity index (χ2v) is 12.4. The average molecular weight is 578 g/mol. The number of anilines is 3. The number of fused-ring (bicyclic) bond motifs is 8. The highest BCUT2D eigenvalue weighted by atomic mass is 32.1. The molecule has 0 fully saturated rings. The minimum Gasteiger partial charge on any atom is -0.310 e. The van der Waals surface area contributed by atoms with E-state index in [0.29, 0.717) is 0 Å². The molecule has 0 N–H and O–H groups in total. The van der Waals surface area contributed by atoms with Gasteiger partial charge in [0.1, 0.15) is 0 Å². The zero-order valence-electron chi connectivity index (χ0n) is 23.9. The summed E-state index contributed by atoms with van der Waals surface area (Å²) in [6.07, 6.45) is 0. The van der Waals surface area contributed by atoms with Crippen molar-refractivity contribution < 1.29 is 0 Å². The van der Waals surface area contributed by atoms with Crippen LogP contribution in [-0.2, 0) is 0 Å². The van der Waals surface area contributed by atoms with Crippen LogP contribution < -0.4 is 4.90 Å². The molecule has 0 spiro atoms. The predicted octanol–water partition coefficient (Wildman–Crippen LogP) is 12.7. The van der Waals surface area contributed by atoms with Crippen molar-refractivity contribution in [2.24, 2.45) is 0 Å². The number of nitrogens with zero attached hydrogens (tertiary/aromatic N) is 1. The molecule has 0 bridgehead atoms. The summed E-state index contributed by atoms with van der Waals surface area (Å²) >= 11 is 1.88. The Hall–Kier alpha value is -5.44. The Morgan fingerprint density at radius 1 is 0.386 bits per heavy atom. The Balaban J connectivity index is 1.18. The first-order valence-corrected chi connectivity index (χ1v) is 15.8. The molecule has 0 amide bonds. The molecule has 44 heavy (non-hydrogen) atoms. The third-order valence-electron chi connectivity index (χ3n) is 8.82. The lowest BCUT2D eigenvalue weighted by molar-refractivity contribution is 1.29. The second kappa shape index (κ2) is 10.1. The van der Waals surface area contributed by atoms with E-state index in [0.717, 1.165) is 17.1 Å². The van der Waals surface area contributed by atoms with E-state index in [2.05, 4.69) is 169 Å². The lowest BCUT2D eigenvalue weighted by atomic mass is 9.96. The normalized spacial score (nSPS) is 11.6. The summed E-state index contributed by atoms with van der Waals surface area (Å²) in [5.74, 6) is 0. The number of rotatable bonds is 4. The molecule has 9 aromatic rings. The third kappa shape index (κ3) is 4.00. The molecule has 0 saturated heterocycles. The van der Waals surface area contributed by atoms with Gasteiger partial charge in [0.25, 0.3) is 0 Å². The first-order valence-electron chi connectivity index (χ1n) is 15.0. The maximum Gasteiger partial charge on any atom is 0.0468 e. The fourth-order valence-electron chi connectivity index (χ4n) is 6.75. The molecule has 2 heteroatoms. The molecule has 206 valence electrons. The van der Waals surface area contributed by atoms with Crippen molar-refractivity contribution in [3.05, 3.63) is 164 Å². The molecule has 0 atom stereocenters. The number of thiophene rings is 1. The topological polar surface area (TPSA) is 3.24 Å². The van der Waals surface area contributed by atoms with Crippen LogP contribution >= 0.6 is 11.3 Å². The summed E-state index contributed by atoms with van der Waals surface area (Å²) in [5.41, 5.74) is 5.93. The Bertz CT molecular complexity index is 2490. The summed E-state index contributed by atoms with van der Waals surface area (Å²) in [6.45, 7) is 0. The molecule has 0 aliphatic carbocycles. The van der Waals surface area contributed by atoms with Crippen molar-refractivity contribution >= 4 is 80.9 Å². The van der Waals surface area contributed by atoms with Crippen molar-refractivity contribution in [2.75, 3.05) is 4.90 Å². The molecule has 0 unspecified atom stereocenters. The van der Waals surface area contributed by atoms with Gasteiger partial charge in [0, 0.05) is 37.2 Å². The Morgan fingerprint density at radius 3 is 1.89 bits per heavy atom. The SMILES string of the molecule is c1ccc(N(c2ccc(-c3cccc4c3sc3ccccc34)cc2)c2ccc3c(ccc4ccc5ccccc5c43)c2)cc1. The van der Waals surface area contributed by atoms with E-state index in [4.69, 9.17) is 0 Å². The van der Waals surface area contributed by atoms with E-state index in [-0.39, 0.29) is 0 Å². The molecular weight excluding hydrogens is 551 g/mol. The number of hydrogen-bond acceptors (Lipinski definition) is 2. The van der Waals surface area contributed by atoms with E-state index in [1.54, 1.807) is 0 Å². The highest BCUT2D eigenvalue weighted by Gasteiger charge is 2.15. The van der Waals surface area contributed by atoms with Crippen LogP contribution in [0.15, 0.2) is 164 Å². The fraction of sp³-hybridized carbons (Fsp3) is 0. The van der Waals surface area contributed by atoms with Crippen molar-refractivity contribution in [2.45, 2.75) is 0 Å². The zero-order chi connectivity index (χ0) is 29.0. The van der Waals surface area contributed by atoms with Crippen LogP contribution in [-0.4, -0.2) is 0 Å². The smallest absolute Gasteiger partial charge is 0.0468 e. The number of para-hydroxylation sites is 1. The van der Waals surface area contributed by atoms with Crippen LogP contribution in [0.25, 0.3) is 63.6 Å². The van der Waals surface area contributed by atoms with E-state index in [9.17, 15) is 0 Å². The lowest BCUT2D eigenvalue weighted by Gasteiger charge is -2.26. The van der Waals surface area contributed by atoms with Gasteiger partial charge < -0.3 is 4.90 Å². The molecular formula is C42H27NS. The van der Waals surface area contributed by atoms with Crippen LogP contribution in [0.3, 0.4) is 0 Å². The molecule has 0 aliphatic rings. The number of hydrogen-bond donors (Lipinski definition) is 0. The van der Waals surface area contributed by atoms with Gasteiger partial charge in [0.2, 0.25) is 0 Å². The van der Waals surface area contributed by atoms with Gasteiger partial charge in [-0.25, -0.2) is 0 Å². The van der Waals surface area contributed by atoms with Crippen LogP contribution in [0, 0.1) is 0 Å². The van der Waals surface area contributed by atoms with E-state index < -0.39 is 0 Å². The molecule has 9 rings (SSSR count). The van der Waals surface area contributed by atoms with Gasteiger partial charge in [-0.3, -0.25) is 0 Å². The molecule has 0 saturated carbocycles. The molecule has 0 aliphatic heterocycles. The second-order valence-electron chi connectivity index (χ2n) is 11.4. The molecule has 1 aromatic heterocycles. The van der Waals surface area contributed by atoms with Crippen molar-refractivity contribution in [3.63, 3.8) is 0 Å². The van der Waals surface area contributed by atoms with Crippen molar-refractivity contribution in [1.82, 2.24) is 0 Å².